The fraction of sp³-hybridized carbons (Fsp3) is 0.429. The Kier molecular flexibility index (Phi) is 4.32. The van der Waals surface area contributed by atoms with E-state index in [1.807, 2.05) is 0 Å². The monoisotopic (exact) mass is 283 g/mol. The van der Waals surface area contributed by atoms with Gasteiger partial charge in [-0.25, -0.2) is 13.6 Å². The van der Waals surface area contributed by atoms with Crippen LogP contribution in [0.3, 0.4) is 0 Å². The molecule has 0 unspecified atom stereocenters. The number of piperidine rings is 1. The van der Waals surface area contributed by atoms with E-state index >= 15 is 0 Å². The van der Waals surface area contributed by atoms with E-state index in [0.29, 0.717) is 19.0 Å². The summed E-state index contributed by atoms with van der Waals surface area (Å²) in [5.41, 5.74) is -0.234. The van der Waals surface area contributed by atoms with Crippen molar-refractivity contribution in [3.05, 3.63) is 35.4 Å². The molecule has 108 valence electrons. The lowest BCUT2D eigenvalue weighted by atomic mass is 10.0. The van der Waals surface area contributed by atoms with Crippen molar-refractivity contribution >= 4 is 11.9 Å². The molecule has 0 saturated carbocycles. The van der Waals surface area contributed by atoms with E-state index in [1.165, 1.54) is 12.0 Å². The Morgan fingerprint density at radius 1 is 1.30 bits per heavy atom. The molecular weight excluding hydrogens is 268 g/mol. The first kappa shape index (κ1) is 14.4. The van der Waals surface area contributed by atoms with E-state index in [4.69, 9.17) is 0 Å². The zero-order valence-corrected chi connectivity index (χ0v) is 11.1. The average molecular weight is 283 g/mol. The minimum atomic E-state index is -0.927. The number of halogens is 2. The van der Waals surface area contributed by atoms with Crippen molar-refractivity contribution < 1.29 is 23.1 Å². The number of benzene rings is 1. The van der Waals surface area contributed by atoms with Gasteiger partial charge < -0.3 is 9.64 Å². The third-order valence-corrected chi connectivity index (χ3v) is 3.40. The maximum absolute atomic E-state index is 13.7. The van der Waals surface area contributed by atoms with Crippen LogP contribution in [-0.4, -0.2) is 36.5 Å². The number of methoxy groups -OCH3 is 1. The van der Waals surface area contributed by atoms with E-state index in [-0.39, 0.29) is 5.56 Å². The molecule has 1 aromatic rings. The van der Waals surface area contributed by atoms with Gasteiger partial charge in [-0.1, -0.05) is 0 Å². The molecule has 1 heterocycles. The molecular formula is C14H15F2NO3. The number of hydrogen-bond acceptors (Lipinski definition) is 3. The molecule has 0 spiro atoms. The van der Waals surface area contributed by atoms with Gasteiger partial charge in [0.2, 0.25) is 0 Å². The first-order valence-electron chi connectivity index (χ1n) is 6.38. The molecule has 1 saturated heterocycles. The van der Waals surface area contributed by atoms with Crippen LogP contribution in [0.25, 0.3) is 0 Å². The number of carbonyl (C=O) groups is 2. The number of likely N-dealkylation sites (tertiary alicyclic amines) is 1. The molecule has 20 heavy (non-hydrogen) atoms. The average Bonchev–Trinajstić information content (AvgIpc) is 2.46. The maximum Gasteiger partial charge on any atom is 0.328 e. The van der Waals surface area contributed by atoms with Crippen molar-refractivity contribution in [2.45, 2.75) is 25.3 Å². The van der Waals surface area contributed by atoms with Crippen LogP contribution in [0.1, 0.15) is 29.6 Å². The van der Waals surface area contributed by atoms with Gasteiger partial charge in [-0.2, -0.15) is 0 Å². The molecule has 0 radical (unpaired) electrons. The van der Waals surface area contributed by atoms with Gasteiger partial charge in [-0.15, -0.1) is 0 Å². The highest BCUT2D eigenvalue weighted by molar-refractivity contribution is 5.97. The van der Waals surface area contributed by atoms with Crippen LogP contribution in [0.5, 0.6) is 0 Å². The highest BCUT2D eigenvalue weighted by Gasteiger charge is 2.34. The Hall–Kier alpha value is -1.98. The summed E-state index contributed by atoms with van der Waals surface area (Å²) in [6.07, 6.45) is 2.03. The number of esters is 1. The second-order valence-electron chi connectivity index (χ2n) is 4.66. The smallest absolute Gasteiger partial charge is 0.328 e. The number of ether oxygens (including phenoxy) is 1. The Morgan fingerprint density at radius 2 is 2.05 bits per heavy atom. The molecule has 4 nitrogen and oxygen atoms in total. The van der Waals surface area contributed by atoms with Crippen molar-refractivity contribution in [1.29, 1.82) is 0 Å². The summed E-state index contributed by atoms with van der Waals surface area (Å²) >= 11 is 0. The van der Waals surface area contributed by atoms with E-state index in [2.05, 4.69) is 4.74 Å². The topological polar surface area (TPSA) is 46.6 Å². The summed E-state index contributed by atoms with van der Waals surface area (Å²) in [6.45, 7) is 0.357. The molecule has 0 aromatic heterocycles. The SMILES string of the molecule is COC(=O)[C@H]1CCCCN1C(=O)c1ccc(F)cc1F. The Bertz CT molecular complexity index is 533. The Balaban J connectivity index is 2.27. The molecule has 1 aromatic carbocycles. The standard InChI is InChI=1S/C14H15F2NO3/c1-20-14(19)12-4-2-3-7-17(12)13(18)10-6-5-9(15)8-11(10)16/h5-6,8,12H,2-4,7H2,1H3/t12-/m1/s1. The molecule has 2 rings (SSSR count). The highest BCUT2D eigenvalue weighted by Crippen LogP contribution is 2.22. The summed E-state index contributed by atoms with van der Waals surface area (Å²) in [5, 5.41) is 0. The summed E-state index contributed by atoms with van der Waals surface area (Å²) in [4.78, 5) is 25.3. The summed E-state index contributed by atoms with van der Waals surface area (Å²) in [6, 6.07) is 2.07. The van der Waals surface area contributed by atoms with Gasteiger partial charge in [-0.05, 0) is 31.4 Å². The lowest BCUT2D eigenvalue weighted by molar-refractivity contribution is -0.147. The largest absolute Gasteiger partial charge is 0.467 e. The first-order chi connectivity index (χ1) is 9.54. The van der Waals surface area contributed by atoms with Crippen molar-refractivity contribution in [2.24, 2.45) is 0 Å². The van der Waals surface area contributed by atoms with Crippen molar-refractivity contribution in [3.8, 4) is 0 Å². The van der Waals surface area contributed by atoms with Crippen LogP contribution in [-0.2, 0) is 9.53 Å². The molecule has 1 aliphatic rings. The normalized spacial score (nSPS) is 18.8. The number of amides is 1. The van der Waals surface area contributed by atoms with Crippen molar-refractivity contribution in [1.82, 2.24) is 4.90 Å². The van der Waals surface area contributed by atoms with Gasteiger partial charge in [0, 0.05) is 12.6 Å². The predicted octanol–water partition coefficient (Wildman–Crippen LogP) is 2.13. The zero-order chi connectivity index (χ0) is 14.7. The van der Waals surface area contributed by atoms with E-state index in [1.54, 1.807) is 0 Å². The van der Waals surface area contributed by atoms with E-state index in [9.17, 15) is 18.4 Å². The second-order valence-corrected chi connectivity index (χ2v) is 4.66. The van der Waals surface area contributed by atoms with E-state index in [0.717, 1.165) is 25.0 Å². The molecule has 1 atom stereocenters. The molecule has 0 bridgehead atoms. The summed E-state index contributed by atoms with van der Waals surface area (Å²) in [7, 11) is 1.25. The minimum Gasteiger partial charge on any atom is -0.467 e. The summed E-state index contributed by atoms with van der Waals surface area (Å²) < 4.78 is 31.2. The zero-order valence-electron chi connectivity index (χ0n) is 11.1. The highest BCUT2D eigenvalue weighted by atomic mass is 19.1. The molecule has 1 amide bonds. The fourth-order valence-electron chi connectivity index (χ4n) is 2.37. The van der Waals surface area contributed by atoms with Crippen LogP contribution >= 0.6 is 0 Å². The molecule has 1 aliphatic heterocycles. The number of hydrogen-bond donors (Lipinski definition) is 0. The second kappa shape index (κ2) is 5.98. The number of carbonyl (C=O) groups excluding carboxylic acids is 2. The molecule has 0 N–H and O–H groups in total. The number of nitrogens with zero attached hydrogens (tertiary/aromatic N) is 1. The molecule has 1 fully saturated rings. The Morgan fingerprint density at radius 3 is 2.70 bits per heavy atom. The third kappa shape index (κ3) is 2.79. The van der Waals surface area contributed by atoms with Crippen LogP contribution in [0.15, 0.2) is 18.2 Å². The maximum atomic E-state index is 13.7. The van der Waals surface area contributed by atoms with Crippen LogP contribution in [0.2, 0.25) is 0 Å². The van der Waals surface area contributed by atoms with E-state index < -0.39 is 29.6 Å². The fourth-order valence-corrected chi connectivity index (χ4v) is 2.37. The molecule has 0 aliphatic carbocycles. The van der Waals surface area contributed by atoms with Gasteiger partial charge in [0.05, 0.1) is 12.7 Å². The molecule has 6 heteroatoms. The van der Waals surface area contributed by atoms with Gasteiger partial charge in [0.25, 0.3) is 5.91 Å². The van der Waals surface area contributed by atoms with Crippen LogP contribution < -0.4 is 0 Å². The summed E-state index contributed by atoms with van der Waals surface area (Å²) in [5.74, 6) is -2.80. The van der Waals surface area contributed by atoms with Crippen molar-refractivity contribution in [2.75, 3.05) is 13.7 Å². The lowest BCUT2D eigenvalue weighted by Gasteiger charge is -2.33. The third-order valence-electron chi connectivity index (χ3n) is 3.40. The van der Waals surface area contributed by atoms with Gasteiger partial charge in [0.15, 0.2) is 0 Å². The number of rotatable bonds is 2. The van der Waals surface area contributed by atoms with Crippen LogP contribution in [0.4, 0.5) is 8.78 Å². The van der Waals surface area contributed by atoms with Gasteiger partial charge in [0.1, 0.15) is 17.7 Å². The Labute approximate surface area is 115 Å². The minimum absolute atomic E-state index is 0.234. The lowest BCUT2D eigenvalue weighted by Crippen LogP contribution is -2.48. The van der Waals surface area contributed by atoms with Gasteiger partial charge >= 0.3 is 5.97 Å². The first-order valence-corrected chi connectivity index (χ1v) is 6.38. The quantitative estimate of drug-likeness (QED) is 0.781. The van der Waals surface area contributed by atoms with Crippen molar-refractivity contribution in [3.63, 3.8) is 0 Å². The predicted molar refractivity (Wildman–Crippen MR) is 67.0 cm³/mol. The van der Waals surface area contributed by atoms with Crippen LogP contribution in [0, 0.1) is 11.6 Å². The van der Waals surface area contributed by atoms with Gasteiger partial charge in [-0.3, -0.25) is 4.79 Å².